The zero-order valence-electron chi connectivity index (χ0n) is 9.03. The molecule has 0 amide bonds. The van der Waals surface area contributed by atoms with E-state index in [0.717, 1.165) is 30.5 Å². The quantitative estimate of drug-likeness (QED) is 0.838. The fourth-order valence-electron chi connectivity index (χ4n) is 2.08. The van der Waals surface area contributed by atoms with Gasteiger partial charge in [0, 0.05) is 11.8 Å². The fraction of sp³-hybridized carbons (Fsp3) is 0.250. The van der Waals surface area contributed by atoms with E-state index in [2.05, 4.69) is 15.0 Å². The standard InChI is InChI=1S/C12H10ClN3O/c13-7-4-5-10(14-6-7)11-15-9-3-1-2-8(9)12(17)16-11/h4-6H,1-3H2,(H,15,16,17). The maximum atomic E-state index is 11.8. The van der Waals surface area contributed by atoms with Gasteiger partial charge in [-0.15, -0.1) is 0 Å². The van der Waals surface area contributed by atoms with Gasteiger partial charge in [-0.25, -0.2) is 4.98 Å². The predicted octanol–water partition coefficient (Wildman–Crippen LogP) is 1.97. The Hall–Kier alpha value is -1.68. The Morgan fingerprint density at radius 1 is 1.29 bits per heavy atom. The summed E-state index contributed by atoms with van der Waals surface area (Å²) in [6, 6.07) is 3.49. The van der Waals surface area contributed by atoms with Crippen LogP contribution in [0.4, 0.5) is 0 Å². The van der Waals surface area contributed by atoms with Crippen molar-refractivity contribution in [2.75, 3.05) is 0 Å². The number of rotatable bonds is 1. The third kappa shape index (κ3) is 1.85. The summed E-state index contributed by atoms with van der Waals surface area (Å²) in [4.78, 5) is 23.2. The molecule has 0 saturated heterocycles. The average Bonchev–Trinajstić information content (AvgIpc) is 2.78. The van der Waals surface area contributed by atoms with Gasteiger partial charge in [-0.2, -0.15) is 0 Å². The summed E-state index contributed by atoms with van der Waals surface area (Å²) < 4.78 is 0. The van der Waals surface area contributed by atoms with Gasteiger partial charge >= 0.3 is 0 Å². The van der Waals surface area contributed by atoms with Crippen LogP contribution in [0.15, 0.2) is 23.1 Å². The van der Waals surface area contributed by atoms with Crippen molar-refractivity contribution in [2.24, 2.45) is 0 Å². The molecule has 2 aromatic heterocycles. The number of aromatic nitrogens is 3. The summed E-state index contributed by atoms with van der Waals surface area (Å²) in [6.45, 7) is 0. The first-order chi connectivity index (χ1) is 8.24. The zero-order chi connectivity index (χ0) is 11.8. The number of hydrogen-bond donors (Lipinski definition) is 1. The smallest absolute Gasteiger partial charge is 0.254 e. The number of hydrogen-bond acceptors (Lipinski definition) is 3. The molecule has 0 aliphatic heterocycles. The van der Waals surface area contributed by atoms with Gasteiger partial charge in [-0.1, -0.05) is 11.6 Å². The Bertz CT molecular complexity index is 619. The maximum absolute atomic E-state index is 11.8. The third-order valence-corrected chi connectivity index (χ3v) is 3.14. The lowest BCUT2D eigenvalue weighted by Crippen LogP contribution is -2.15. The van der Waals surface area contributed by atoms with E-state index in [0.29, 0.717) is 16.5 Å². The van der Waals surface area contributed by atoms with Crippen LogP contribution in [0.2, 0.25) is 5.02 Å². The molecule has 0 unspecified atom stereocenters. The molecule has 2 aromatic rings. The molecule has 0 spiro atoms. The minimum atomic E-state index is -0.0424. The maximum Gasteiger partial charge on any atom is 0.254 e. The van der Waals surface area contributed by atoms with Crippen molar-refractivity contribution in [3.8, 4) is 11.5 Å². The summed E-state index contributed by atoms with van der Waals surface area (Å²) in [5.74, 6) is 0.521. The summed E-state index contributed by atoms with van der Waals surface area (Å²) in [7, 11) is 0. The Labute approximate surface area is 103 Å². The van der Waals surface area contributed by atoms with Gasteiger partial charge in [0.2, 0.25) is 0 Å². The Kier molecular flexibility index (Phi) is 2.44. The number of H-pyrrole nitrogens is 1. The summed E-state index contributed by atoms with van der Waals surface area (Å²) in [5, 5.41) is 0.567. The van der Waals surface area contributed by atoms with E-state index in [-0.39, 0.29) is 5.56 Å². The van der Waals surface area contributed by atoms with E-state index in [9.17, 15) is 4.79 Å². The van der Waals surface area contributed by atoms with Gasteiger partial charge in [-0.05, 0) is 31.4 Å². The second-order valence-electron chi connectivity index (χ2n) is 4.05. The zero-order valence-corrected chi connectivity index (χ0v) is 9.79. The normalized spacial score (nSPS) is 13.7. The van der Waals surface area contributed by atoms with Crippen LogP contribution in [-0.4, -0.2) is 15.0 Å². The molecule has 2 heterocycles. The minimum absolute atomic E-state index is 0.0424. The summed E-state index contributed by atoms with van der Waals surface area (Å²) in [5.41, 5.74) is 2.32. The van der Waals surface area contributed by atoms with Gasteiger partial charge in [0.05, 0.1) is 10.7 Å². The first kappa shape index (κ1) is 10.5. The van der Waals surface area contributed by atoms with Crippen molar-refractivity contribution in [1.82, 2.24) is 15.0 Å². The van der Waals surface area contributed by atoms with Crippen LogP contribution in [0.25, 0.3) is 11.5 Å². The largest absolute Gasteiger partial charge is 0.305 e. The van der Waals surface area contributed by atoms with Gasteiger partial charge in [0.1, 0.15) is 5.69 Å². The number of aromatic amines is 1. The van der Waals surface area contributed by atoms with Crippen molar-refractivity contribution in [3.63, 3.8) is 0 Å². The van der Waals surface area contributed by atoms with Crippen LogP contribution in [0.1, 0.15) is 17.7 Å². The second kappa shape index (κ2) is 3.96. The van der Waals surface area contributed by atoms with Crippen molar-refractivity contribution in [1.29, 1.82) is 0 Å². The molecule has 0 atom stereocenters. The first-order valence-corrected chi connectivity index (χ1v) is 5.86. The van der Waals surface area contributed by atoms with Crippen LogP contribution in [0, 0.1) is 0 Å². The summed E-state index contributed by atoms with van der Waals surface area (Å²) >= 11 is 5.77. The molecule has 0 saturated carbocycles. The second-order valence-corrected chi connectivity index (χ2v) is 4.49. The van der Waals surface area contributed by atoms with Crippen molar-refractivity contribution < 1.29 is 0 Å². The van der Waals surface area contributed by atoms with Crippen LogP contribution in [0.3, 0.4) is 0 Å². The molecule has 1 N–H and O–H groups in total. The molecule has 4 nitrogen and oxygen atoms in total. The van der Waals surface area contributed by atoms with Crippen molar-refractivity contribution in [2.45, 2.75) is 19.3 Å². The minimum Gasteiger partial charge on any atom is -0.305 e. The molecule has 86 valence electrons. The lowest BCUT2D eigenvalue weighted by molar-refractivity contribution is 0.899. The lowest BCUT2D eigenvalue weighted by Gasteiger charge is -2.03. The molecular weight excluding hydrogens is 238 g/mol. The van der Waals surface area contributed by atoms with E-state index in [1.54, 1.807) is 18.3 Å². The van der Waals surface area contributed by atoms with Gasteiger partial charge in [0.25, 0.3) is 5.56 Å². The van der Waals surface area contributed by atoms with Gasteiger partial charge in [-0.3, -0.25) is 9.78 Å². The molecular formula is C12H10ClN3O. The van der Waals surface area contributed by atoms with E-state index < -0.39 is 0 Å². The van der Waals surface area contributed by atoms with E-state index in [1.165, 1.54) is 0 Å². The van der Waals surface area contributed by atoms with Crippen LogP contribution >= 0.6 is 11.6 Å². The SMILES string of the molecule is O=c1[nH]c(-c2ccc(Cl)cn2)nc2c1CCC2. The highest BCUT2D eigenvalue weighted by Crippen LogP contribution is 2.19. The molecule has 3 rings (SSSR count). The van der Waals surface area contributed by atoms with Crippen LogP contribution in [-0.2, 0) is 12.8 Å². The number of nitrogens with one attached hydrogen (secondary N) is 1. The highest BCUT2D eigenvalue weighted by molar-refractivity contribution is 6.30. The lowest BCUT2D eigenvalue weighted by atomic mass is 10.2. The van der Waals surface area contributed by atoms with E-state index >= 15 is 0 Å². The van der Waals surface area contributed by atoms with E-state index in [4.69, 9.17) is 11.6 Å². The molecule has 0 radical (unpaired) electrons. The first-order valence-electron chi connectivity index (χ1n) is 5.48. The average molecular weight is 248 g/mol. The highest BCUT2D eigenvalue weighted by Gasteiger charge is 2.17. The monoisotopic (exact) mass is 247 g/mol. The number of aryl methyl sites for hydroxylation is 1. The predicted molar refractivity (Wildman–Crippen MR) is 65.1 cm³/mol. The Morgan fingerprint density at radius 2 is 2.18 bits per heavy atom. The molecule has 17 heavy (non-hydrogen) atoms. The Morgan fingerprint density at radius 3 is 2.94 bits per heavy atom. The van der Waals surface area contributed by atoms with Gasteiger partial charge < -0.3 is 4.98 Å². The number of fused-ring (bicyclic) bond motifs is 1. The van der Waals surface area contributed by atoms with Crippen molar-refractivity contribution >= 4 is 11.6 Å². The topological polar surface area (TPSA) is 58.6 Å². The molecule has 0 fully saturated rings. The third-order valence-electron chi connectivity index (χ3n) is 2.91. The van der Waals surface area contributed by atoms with Crippen LogP contribution in [0.5, 0.6) is 0 Å². The molecule has 1 aliphatic carbocycles. The molecule has 1 aliphatic rings. The fourth-order valence-corrected chi connectivity index (χ4v) is 2.19. The van der Waals surface area contributed by atoms with E-state index in [1.807, 2.05) is 0 Å². The number of nitrogens with zero attached hydrogens (tertiary/aromatic N) is 2. The highest BCUT2D eigenvalue weighted by atomic mass is 35.5. The Balaban J connectivity index is 2.13. The number of halogens is 1. The van der Waals surface area contributed by atoms with Crippen molar-refractivity contribution in [3.05, 3.63) is 45.0 Å². The molecule has 0 aromatic carbocycles. The molecule has 5 heteroatoms. The number of pyridine rings is 1. The van der Waals surface area contributed by atoms with Gasteiger partial charge in [0.15, 0.2) is 5.82 Å². The summed E-state index contributed by atoms with van der Waals surface area (Å²) in [6.07, 6.45) is 4.25. The van der Waals surface area contributed by atoms with Crippen LogP contribution < -0.4 is 5.56 Å². The molecule has 0 bridgehead atoms.